The first-order valence-electron chi connectivity index (χ1n) is 16.0. The first-order chi connectivity index (χ1) is 20.5. The summed E-state index contributed by atoms with van der Waals surface area (Å²) in [5.41, 5.74) is 3.39. The van der Waals surface area contributed by atoms with Gasteiger partial charge in [-0.25, -0.2) is 9.67 Å². The van der Waals surface area contributed by atoms with E-state index in [1.165, 1.54) is 6.42 Å². The maximum absolute atomic E-state index is 6.73. The predicted octanol–water partition coefficient (Wildman–Crippen LogP) is 4.50. The number of rotatable bonds is 5. The molecule has 11 nitrogen and oxygen atoms in total. The Balaban J connectivity index is 1.26. The molecule has 3 saturated heterocycles. The summed E-state index contributed by atoms with van der Waals surface area (Å²) < 4.78 is 33.5. The highest BCUT2D eigenvalue weighted by Crippen LogP contribution is 2.57. The van der Waals surface area contributed by atoms with E-state index in [-0.39, 0.29) is 17.6 Å². The third-order valence-electron chi connectivity index (χ3n) is 10.7. The summed E-state index contributed by atoms with van der Waals surface area (Å²) in [6, 6.07) is 0.463. The second-order valence-electron chi connectivity index (χ2n) is 13.0. The van der Waals surface area contributed by atoms with Crippen molar-refractivity contribution in [2.45, 2.75) is 107 Å². The summed E-state index contributed by atoms with van der Waals surface area (Å²) in [6.07, 6.45) is 10.1. The first kappa shape index (κ1) is 27.0. The Hall–Kier alpha value is -2.60. The quantitative estimate of drug-likeness (QED) is 0.429. The topological polar surface area (TPSA) is 110 Å². The Kier molecular flexibility index (Phi) is 6.58. The van der Waals surface area contributed by atoms with Gasteiger partial charge in [0.2, 0.25) is 17.5 Å². The van der Waals surface area contributed by atoms with Gasteiger partial charge in [-0.2, -0.15) is 10.1 Å². The Bertz CT molecular complexity index is 1470. The van der Waals surface area contributed by atoms with Crippen molar-refractivity contribution in [3.8, 4) is 17.5 Å². The molecule has 0 N–H and O–H groups in total. The fraction of sp³-hybridized carbons (Fsp3) is 0.742. The molecule has 4 fully saturated rings. The second kappa shape index (κ2) is 10.2. The lowest BCUT2D eigenvalue weighted by atomic mass is 9.61. The number of likely N-dealkylation sites (N-methyl/N-ethyl adjacent to an activating group) is 1. The number of nitrogens with zero attached hydrogens (tertiary/aromatic N) is 6. The zero-order chi connectivity index (χ0) is 28.5. The van der Waals surface area contributed by atoms with Gasteiger partial charge in [0, 0.05) is 24.6 Å². The van der Waals surface area contributed by atoms with E-state index in [9.17, 15) is 0 Å². The molecule has 1 saturated carbocycles. The fourth-order valence-electron chi connectivity index (χ4n) is 8.59. The molecule has 6 heterocycles. The molecule has 3 aromatic heterocycles. The Morgan fingerprint density at radius 2 is 1.83 bits per heavy atom. The van der Waals surface area contributed by atoms with Crippen molar-refractivity contribution < 1.29 is 23.5 Å². The van der Waals surface area contributed by atoms with Crippen molar-refractivity contribution in [1.29, 1.82) is 0 Å². The van der Waals surface area contributed by atoms with Gasteiger partial charge in [0.1, 0.15) is 11.5 Å². The molecule has 2 aliphatic carbocycles. The average Bonchev–Trinajstić information content (AvgIpc) is 3.82. The van der Waals surface area contributed by atoms with E-state index in [1.807, 2.05) is 11.6 Å². The average molecular weight is 579 g/mol. The standard InChI is InChI=1S/C31H42N6O5/c1-19-24-28(37(34-19)21-10-15-38-18-21)32-27(33-29(24)41-20(2)23-9-7-14-36(23)3)25-22-8-6-12-30(26(22)35-42-25)11-4-5-13-31(30)39-16-17-40-31/h20-21,23H,4-18H2,1-3H3/t20-,21+,23-,30-/m0/s1. The minimum absolute atomic E-state index is 0.0355. The van der Waals surface area contributed by atoms with E-state index in [2.05, 4.69) is 18.9 Å². The third kappa shape index (κ3) is 3.99. The molecular weight excluding hydrogens is 536 g/mol. The van der Waals surface area contributed by atoms with Gasteiger partial charge in [0.15, 0.2) is 11.4 Å². The van der Waals surface area contributed by atoms with Crippen LogP contribution >= 0.6 is 0 Å². The molecule has 8 rings (SSSR count). The number of likely N-dealkylation sites (tertiary alicyclic amines) is 1. The maximum Gasteiger partial charge on any atom is 0.229 e. The lowest BCUT2D eigenvalue weighted by Crippen LogP contribution is -2.56. The van der Waals surface area contributed by atoms with Crippen LogP contribution in [0.25, 0.3) is 22.6 Å². The molecule has 0 radical (unpaired) electrons. The number of ether oxygens (including phenoxy) is 4. The summed E-state index contributed by atoms with van der Waals surface area (Å²) in [7, 11) is 2.17. The maximum atomic E-state index is 6.73. The van der Waals surface area contributed by atoms with E-state index in [1.54, 1.807) is 0 Å². The van der Waals surface area contributed by atoms with Gasteiger partial charge in [0.25, 0.3) is 0 Å². The van der Waals surface area contributed by atoms with Crippen LogP contribution in [0.4, 0.5) is 0 Å². The van der Waals surface area contributed by atoms with Crippen molar-refractivity contribution in [3.63, 3.8) is 0 Å². The number of aromatic nitrogens is 5. The highest BCUT2D eigenvalue weighted by atomic mass is 16.7. The predicted molar refractivity (Wildman–Crippen MR) is 153 cm³/mol. The van der Waals surface area contributed by atoms with Gasteiger partial charge in [-0.1, -0.05) is 11.6 Å². The molecule has 42 heavy (non-hydrogen) atoms. The van der Waals surface area contributed by atoms with Crippen molar-refractivity contribution in [2.24, 2.45) is 0 Å². The zero-order valence-corrected chi connectivity index (χ0v) is 25.1. The smallest absolute Gasteiger partial charge is 0.229 e. The number of hydrogen-bond donors (Lipinski definition) is 0. The van der Waals surface area contributed by atoms with Crippen molar-refractivity contribution in [1.82, 2.24) is 29.8 Å². The monoisotopic (exact) mass is 578 g/mol. The molecule has 226 valence electrons. The minimum atomic E-state index is -0.616. The van der Waals surface area contributed by atoms with Crippen LogP contribution in [0.15, 0.2) is 4.52 Å². The molecule has 0 bridgehead atoms. The van der Waals surface area contributed by atoms with Crippen molar-refractivity contribution >= 4 is 11.0 Å². The molecular formula is C31H42N6O5. The van der Waals surface area contributed by atoms with Crippen LogP contribution in [0.2, 0.25) is 0 Å². The van der Waals surface area contributed by atoms with Crippen LogP contribution in [-0.4, -0.2) is 87.8 Å². The Morgan fingerprint density at radius 3 is 2.62 bits per heavy atom. The summed E-state index contributed by atoms with van der Waals surface area (Å²) in [5, 5.41) is 10.6. The molecule has 5 aliphatic rings. The SMILES string of the molecule is Cc1nn([C@@H]2CCOC2)c2nc(-c3onc4c3CCC[C@@]43CCCCC34OCCO4)nc(O[C@@H](C)[C@@H]3CCCN3C)c12. The molecule has 0 unspecified atom stereocenters. The second-order valence-corrected chi connectivity index (χ2v) is 13.0. The minimum Gasteiger partial charge on any atom is -0.472 e. The largest absolute Gasteiger partial charge is 0.472 e. The van der Waals surface area contributed by atoms with E-state index in [0.29, 0.717) is 43.3 Å². The van der Waals surface area contributed by atoms with Crippen LogP contribution in [0.1, 0.15) is 87.7 Å². The van der Waals surface area contributed by atoms with Crippen molar-refractivity contribution in [2.75, 3.05) is 40.0 Å². The fourth-order valence-corrected chi connectivity index (χ4v) is 8.59. The number of hydrogen-bond acceptors (Lipinski definition) is 10. The third-order valence-corrected chi connectivity index (χ3v) is 10.7. The Morgan fingerprint density at radius 1 is 1.00 bits per heavy atom. The summed E-state index contributed by atoms with van der Waals surface area (Å²) >= 11 is 0. The van der Waals surface area contributed by atoms with Gasteiger partial charge >= 0.3 is 0 Å². The van der Waals surface area contributed by atoms with Gasteiger partial charge < -0.3 is 23.5 Å². The molecule has 2 spiro atoms. The van der Waals surface area contributed by atoms with E-state index in [4.69, 9.17) is 43.7 Å². The molecule has 0 amide bonds. The molecule has 3 aromatic rings. The van der Waals surface area contributed by atoms with Gasteiger partial charge in [-0.05, 0) is 78.8 Å². The van der Waals surface area contributed by atoms with Crippen LogP contribution in [0, 0.1) is 6.92 Å². The van der Waals surface area contributed by atoms with Gasteiger partial charge in [-0.3, -0.25) is 4.90 Å². The lowest BCUT2D eigenvalue weighted by Gasteiger charge is -2.50. The van der Waals surface area contributed by atoms with Crippen LogP contribution in [0.5, 0.6) is 5.88 Å². The molecule has 3 aliphatic heterocycles. The lowest BCUT2D eigenvalue weighted by molar-refractivity contribution is -0.231. The molecule has 4 atom stereocenters. The zero-order valence-electron chi connectivity index (χ0n) is 25.1. The highest BCUT2D eigenvalue weighted by Gasteiger charge is 2.61. The van der Waals surface area contributed by atoms with E-state index >= 15 is 0 Å². The van der Waals surface area contributed by atoms with Gasteiger partial charge in [-0.15, -0.1) is 0 Å². The van der Waals surface area contributed by atoms with E-state index < -0.39 is 5.79 Å². The summed E-state index contributed by atoms with van der Waals surface area (Å²) in [6.45, 7) is 7.85. The van der Waals surface area contributed by atoms with Crippen LogP contribution in [0.3, 0.4) is 0 Å². The number of aryl methyl sites for hydroxylation is 1. The molecule has 0 aromatic carbocycles. The highest BCUT2D eigenvalue weighted by molar-refractivity contribution is 5.85. The van der Waals surface area contributed by atoms with Crippen LogP contribution in [-0.2, 0) is 26.0 Å². The van der Waals surface area contributed by atoms with E-state index in [0.717, 1.165) is 98.9 Å². The number of fused-ring (bicyclic) bond motifs is 4. The van der Waals surface area contributed by atoms with Crippen LogP contribution < -0.4 is 4.74 Å². The normalized spacial score (nSPS) is 30.1. The molecule has 11 heteroatoms. The van der Waals surface area contributed by atoms with Crippen molar-refractivity contribution in [3.05, 3.63) is 17.0 Å². The first-order valence-corrected chi connectivity index (χ1v) is 16.0. The summed E-state index contributed by atoms with van der Waals surface area (Å²) in [5.74, 6) is 1.09. The van der Waals surface area contributed by atoms with Gasteiger partial charge in [0.05, 0.1) is 42.7 Å². The Labute approximate surface area is 246 Å². The summed E-state index contributed by atoms with van der Waals surface area (Å²) in [4.78, 5) is 12.6.